The van der Waals surface area contributed by atoms with E-state index in [9.17, 15) is 4.79 Å². The van der Waals surface area contributed by atoms with Crippen LogP contribution in [0.4, 0.5) is 5.69 Å². The van der Waals surface area contributed by atoms with Crippen molar-refractivity contribution in [2.24, 2.45) is 0 Å². The summed E-state index contributed by atoms with van der Waals surface area (Å²) in [5.74, 6) is 0.893. The van der Waals surface area contributed by atoms with Gasteiger partial charge in [0.15, 0.2) is 5.78 Å². The molecule has 3 nitrogen and oxygen atoms in total. The van der Waals surface area contributed by atoms with E-state index in [-0.39, 0.29) is 5.78 Å². The summed E-state index contributed by atoms with van der Waals surface area (Å²) in [6.45, 7) is 0.503. The number of rotatable bonds is 1. The van der Waals surface area contributed by atoms with Gasteiger partial charge in [0.1, 0.15) is 5.75 Å². The fourth-order valence-corrected chi connectivity index (χ4v) is 1.53. The number of ether oxygens (including phenoxy) is 1. The molecule has 1 aromatic carbocycles. The summed E-state index contributed by atoms with van der Waals surface area (Å²) in [6.07, 6.45) is 0.494. The number of ketones is 1. The van der Waals surface area contributed by atoms with Crippen LogP contribution in [0, 0.1) is 0 Å². The first-order valence-electron chi connectivity index (χ1n) is 4.66. The number of carbonyl (C=O) groups excluding carboxylic acids is 1. The van der Waals surface area contributed by atoms with E-state index in [1.807, 2.05) is 37.2 Å². The van der Waals surface area contributed by atoms with Crippen LogP contribution in [0.15, 0.2) is 18.2 Å². The highest BCUT2D eigenvalue weighted by Gasteiger charge is 2.18. The predicted molar refractivity (Wildman–Crippen MR) is 55.2 cm³/mol. The van der Waals surface area contributed by atoms with Crippen LogP contribution >= 0.6 is 0 Å². The summed E-state index contributed by atoms with van der Waals surface area (Å²) < 4.78 is 5.44. The van der Waals surface area contributed by atoms with Crippen molar-refractivity contribution in [3.05, 3.63) is 23.8 Å². The van der Waals surface area contributed by atoms with Gasteiger partial charge in [-0.2, -0.15) is 0 Å². The Kier molecular flexibility index (Phi) is 2.15. The van der Waals surface area contributed by atoms with Crippen LogP contribution < -0.4 is 9.64 Å². The molecule has 3 heteroatoms. The van der Waals surface area contributed by atoms with Crippen LogP contribution in [0.25, 0.3) is 0 Å². The fourth-order valence-electron chi connectivity index (χ4n) is 1.53. The first-order chi connectivity index (χ1) is 6.68. The van der Waals surface area contributed by atoms with Crippen molar-refractivity contribution >= 4 is 11.5 Å². The molecule has 0 aliphatic carbocycles. The Hall–Kier alpha value is -1.51. The minimum absolute atomic E-state index is 0.177. The number of Topliss-reactive ketones (excluding diaryl/α,β-unsaturated/α-hetero) is 1. The molecule has 0 spiro atoms. The smallest absolute Gasteiger partial charge is 0.169 e. The summed E-state index contributed by atoms with van der Waals surface area (Å²) in [5, 5.41) is 0. The van der Waals surface area contributed by atoms with Gasteiger partial charge < -0.3 is 9.64 Å². The molecule has 0 N–H and O–H groups in total. The summed E-state index contributed by atoms with van der Waals surface area (Å²) in [7, 11) is 3.93. The number of hydrogen-bond acceptors (Lipinski definition) is 3. The quantitative estimate of drug-likeness (QED) is 0.677. The molecule has 0 atom stereocenters. The molecule has 0 saturated carbocycles. The van der Waals surface area contributed by atoms with E-state index in [0.717, 1.165) is 5.69 Å². The van der Waals surface area contributed by atoms with Crippen molar-refractivity contribution in [1.82, 2.24) is 0 Å². The van der Waals surface area contributed by atoms with Gasteiger partial charge in [-0.1, -0.05) is 0 Å². The first-order valence-corrected chi connectivity index (χ1v) is 4.66. The summed E-state index contributed by atoms with van der Waals surface area (Å²) >= 11 is 0. The number of hydrogen-bond donors (Lipinski definition) is 0. The second-order valence-electron chi connectivity index (χ2n) is 3.60. The van der Waals surface area contributed by atoms with Gasteiger partial charge in [0, 0.05) is 32.3 Å². The van der Waals surface area contributed by atoms with Crippen LogP contribution in [0.1, 0.15) is 16.8 Å². The molecule has 14 heavy (non-hydrogen) atoms. The number of nitrogens with zero attached hydrogens (tertiary/aromatic N) is 1. The Morgan fingerprint density at radius 3 is 2.86 bits per heavy atom. The summed E-state index contributed by atoms with van der Waals surface area (Å²) in [6, 6.07) is 5.68. The maximum atomic E-state index is 11.5. The van der Waals surface area contributed by atoms with E-state index in [0.29, 0.717) is 24.3 Å². The molecule has 0 unspecified atom stereocenters. The average molecular weight is 191 g/mol. The predicted octanol–water partition coefficient (Wildman–Crippen LogP) is 1.72. The van der Waals surface area contributed by atoms with E-state index in [1.54, 1.807) is 0 Å². The lowest BCUT2D eigenvalue weighted by Gasteiger charge is -2.19. The Morgan fingerprint density at radius 1 is 1.36 bits per heavy atom. The van der Waals surface area contributed by atoms with Crippen molar-refractivity contribution in [2.75, 3.05) is 25.6 Å². The number of fused-ring (bicyclic) bond motifs is 1. The molecule has 0 fully saturated rings. The van der Waals surface area contributed by atoms with Crippen molar-refractivity contribution in [1.29, 1.82) is 0 Å². The highest BCUT2D eigenvalue weighted by atomic mass is 16.5. The van der Waals surface area contributed by atoms with Gasteiger partial charge in [0.05, 0.1) is 12.2 Å². The second kappa shape index (κ2) is 3.33. The Bertz CT molecular complexity index is 372. The Labute approximate surface area is 83.3 Å². The van der Waals surface area contributed by atoms with Gasteiger partial charge >= 0.3 is 0 Å². The van der Waals surface area contributed by atoms with E-state index in [2.05, 4.69) is 0 Å². The van der Waals surface area contributed by atoms with Crippen LogP contribution in [0.5, 0.6) is 5.75 Å². The lowest BCUT2D eigenvalue weighted by molar-refractivity contribution is 0.0933. The highest BCUT2D eigenvalue weighted by Crippen LogP contribution is 2.28. The first kappa shape index (κ1) is 9.06. The monoisotopic (exact) mass is 191 g/mol. The third-order valence-electron chi connectivity index (χ3n) is 2.37. The standard InChI is InChI=1S/C11H13NO2/c1-12(2)8-3-4-9-10(13)5-6-14-11(9)7-8/h3-4,7H,5-6H2,1-2H3. The van der Waals surface area contributed by atoms with Gasteiger partial charge in [-0.15, -0.1) is 0 Å². The molecule has 0 amide bonds. The molecule has 1 aliphatic heterocycles. The van der Waals surface area contributed by atoms with Gasteiger partial charge in [0.25, 0.3) is 0 Å². The van der Waals surface area contributed by atoms with Crippen LogP contribution in [0.3, 0.4) is 0 Å². The van der Waals surface area contributed by atoms with Crippen LogP contribution in [-0.4, -0.2) is 26.5 Å². The molecule has 74 valence electrons. The third-order valence-corrected chi connectivity index (χ3v) is 2.37. The average Bonchev–Trinajstić information content (AvgIpc) is 2.17. The van der Waals surface area contributed by atoms with E-state index in [4.69, 9.17) is 4.74 Å². The lowest BCUT2D eigenvalue weighted by atomic mass is 10.0. The lowest BCUT2D eigenvalue weighted by Crippen LogP contribution is -2.16. The minimum Gasteiger partial charge on any atom is -0.492 e. The number of anilines is 1. The van der Waals surface area contributed by atoms with Crippen molar-refractivity contribution < 1.29 is 9.53 Å². The molecular formula is C11H13NO2. The van der Waals surface area contributed by atoms with Crippen LogP contribution in [0.2, 0.25) is 0 Å². The van der Waals surface area contributed by atoms with Gasteiger partial charge in [-0.05, 0) is 12.1 Å². The molecule has 2 rings (SSSR count). The SMILES string of the molecule is CN(C)c1ccc2c(c1)OCCC2=O. The molecule has 1 heterocycles. The molecular weight excluding hydrogens is 178 g/mol. The largest absolute Gasteiger partial charge is 0.492 e. The second-order valence-corrected chi connectivity index (χ2v) is 3.60. The molecule has 0 saturated heterocycles. The Morgan fingerprint density at radius 2 is 2.14 bits per heavy atom. The fraction of sp³-hybridized carbons (Fsp3) is 0.364. The summed E-state index contributed by atoms with van der Waals surface area (Å²) in [5.41, 5.74) is 1.76. The highest BCUT2D eigenvalue weighted by molar-refractivity contribution is 6.00. The van der Waals surface area contributed by atoms with E-state index in [1.165, 1.54) is 0 Å². The van der Waals surface area contributed by atoms with Gasteiger partial charge in [0.2, 0.25) is 0 Å². The topological polar surface area (TPSA) is 29.5 Å². The zero-order valence-electron chi connectivity index (χ0n) is 8.41. The van der Waals surface area contributed by atoms with Crippen molar-refractivity contribution in [2.45, 2.75) is 6.42 Å². The van der Waals surface area contributed by atoms with Gasteiger partial charge in [-0.3, -0.25) is 4.79 Å². The molecule has 0 bridgehead atoms. The molecule has 1 aliphatic rings. The minimum atomic E-state index is 0.177. The molecule has 0 aromatic heterocycles. The van der Waals surface area contributed by atoms with Crippen molar-refractivity contribution in [3.63, 3.8) is 0 Å². The molecule has 1 aromatic rings. The van der Waals surface area contributed by atoms with E-state index >= 15 is 0 Å². The maximum absolute atomic E-state index is 11.5. The van der Waals surface area contributed by atoms with Crippen molar-refractivity contribution in [3.8, 4) is 5.75 Å². The number of benzene rings is 1. The summed E-state index contributed by atoms with van der Waals surface area (Å²) in [4.78, 5) is 13.5. The van der Waals surface area contributed by atoms with Gasteiger partial charge in [-0.25, -0.2) is 0 Å². The molecule has 0 radical (unpaired) electrons. The number of carbonyl (C=O) groups is 1. The normalized spacial score (nSPS) is 14.6. The van der Waals surface area contributed by atoms with E-state index < -0.39 is 0 Å². The Balaban J connectivity index is 2.44. The third kappa shape index (κ3) is 1.45. The van der Waals surface area contributed by atoms with Crippen LogP contribution in [-0.2, 0) is 0 Å². The zero-order valence-corrected chi connectivity index (χ0v) is 8.41. The maximum Gasteiger partial charge on any atom is 0.169 e. The zero-order chi connectivity index (χ0) is 10.1.